The fourth-order valence-corrected chi connectivity index (χ4v) is 6.57. The molecule has 4 atom stereocenters. The summed E-state index contributed by atoms with van der Waals surface area (Å²) < 4.78 is 0. The number of rotatable bonds is 27. The van der Waals surface area contributed by atoms with E-state index in [-0.39, 0.29) is 0 Å². The van der Waals surface area contributed by atoms with Crippen molar-refractivity contribution in [3.63, 3.8) is 0 Å². The second-order valence-electron chi connectivity index (χ2n) is 12.5. The second kappa shape index (κ2) is 25.2. The molecule has 2 N–H and O–H groups in total. The topological polar surface area (TPSA) is 74.6 Å². The van der Waals surface area contributed by atoms with Crippen molar-refractivity contribution in [1.82, 2.24) is 0 Å². The summed E-state index contributed by atoms with van der Waals surface area (Å²) in [4.78, 5) is 21.5. The summed E-state index contributed by atoms with van der Waals surface area (Å²) in [5, 5.41) is 17.7. The minimum atomic E-state index is -0.676. The van der Waals surface area contributed by atoms with Crippen LogP contribution in [0.15, 0.2) is 24.3 Å². The Labute approximate surface area is 247 Å². The van der Waals surface area contributed by atoms with E-state index in [1.165, 1.54) is 96.3 Å². The predicted molar refractivity (Wildman–Crippen MR) is 170 cm³/mol. The molecule has 40 heavy (non-hydrogen) atoms. The molecule has 0 aromatic carbocycles. The summed E-state index contributed by atoms with van der Waals surface area (Å²) in [6.07, 6.45) is 37.5. The molecule has 4 heteroatoms. The van der Waals surface area contributed by atoms with E-state index in [4.69, 9.17) is 10.2 Å². The maximum absolute atomic E-state index is 10.8. The Morgan fingerprint density at radius 2 is 1.02 bits per heavy atom. The highest BCUT2D eigenvalue weighted by atomic mass is 16.4. The zero-order valence-corrected chi connectivity index (χ0v) is 26.3. The first-order chi connectivity index (χ1) is 19.5. The quantitative estimate of drug-likeness (QED) is 0.0774. The van der Waals surface area contributed by atoms with Crippen molar-refractivity contribution in [2.24, 2.45) is 23.7 Å². The second-order valence-corrected chi connectivity index (χ2v) is 12.5. The molecule has 0 saturated carbocycles. The Bertz CT molecular complexity index is 682. The highest BCUT2D eigenvalue weighted by molar-refractivity contribution is 5.66. The number of carboxylic acids is 2. The SMILES string of the molecule is CCCCCCC1C=C[C@@H](CCCCCCCC(=O)O)C(C=CCCCCCCCC(=O)O)C1CCCCCC. The monoisotopic (exact) mass is 560 g/mol. The Balaban J connectivity index is 2.74. The molecule has 0 radical (unpaired) electrons. The van der Waals surface area contributed by atoms with Gasteiger partial charge in [0, 0.05) is 12.8 Å². The Morgan fingerprint density at radius 1 is 0.575 bits per heavy atom. The first-order valence-electron chi connectivity index (χ1n) is 17.3. The molecule has 0 aliphatic heterocycles. The fraction of sp³-hybridized carbons (Fsp3) is 0.833. The molecule has 0 bridgehead atoms. The molecule has 232 valence electrons. The predicted octanol–water partition coefficient (Wildman–Crippen LogP) is 11.1. The molecular weight excluding hydrogens is 496 g/mol. The van der Waals surface area contributed by atoms with Crippen LogP contribution in [0.1, 0.15) is 168 Å². The highest BCUT2D eigenvalue weighted by Gasteiger charge is 2.33. The standard InChI is InChI=1S/C36H64O4/c1-3-5-7-17-23-31-29-30-32(24-18-13-12-16-22-28-36(39)40)34(33(31)25-19-8-6-4-2)26-20-14-10-9-11-15-21-27-35(37)38/h20,26,29-34H,3-19,21-25,27-28H2,1-2H3,(H,37,38)(H,39,40)/t31?,32-,33?,34?/m1/s1. The van der Waals surface area contributed by atoms with Gasteiger partial charge in [-0.15, -0.1) is 0 Å². The maximum atomic E-state index is 10.8. The van der Waals surface area contributed by atoms with Gasteiger partial charge < -0.3 is 10.2 Å². The van der Waals surface area contributed by atoms with Crippen molar-refractivity contribution in [2.45, 2.75) is 168 Å². The smallest absolute Gasteiger partial charge is 0.303 e. The highest BCUT2D eigenvalue weighted by Crippen LogP contribution is 2.43. The molecule has 3 unspecified atom stereocenters. The van der Waals surface area contributed by atoms with Crippen LogP contribution in [0, 0.1) is 23.7 Å². The molecule has 4 nitrogen and oxygen atoms in total. The molecule has 1 aliphatic carbocycles. The first-order valence-corrected chi connectivity index (χ1v) is 17.3. The van der Waals surface area contributed by atoms with Crippen LogP contribution in [0.2, 0.25) is 0 Å². The molecule has 0 heterocycles. The van der Waals surface area contributed by atoms with Gasteiger partial charge in [0.15, 0.2) is 0 Å². The van der Waals surface area contributed by atoms with E-state index in [1.54, 1.807) is 0 Å². The van der Waals surface area contributed by atoms with E-state index >= 15 is 0 Å². The van der Waals surface area contributed by atoms with E-state index < -0.39 is 11.9 Å². The van der Waals surface area contributed by atoms with Crippen molar-refractivity contribution in [3.05, 3.63) is 24.3 Å². The Kier molecular flexibility index (Phi) is 22.9. The lowest BCUT2D eigenvalue weighted by Gasteiger charge is -2.39. The van der Waals surface area contributed by atoms with Gasteiger partial charge in [0.05, 0.1) is 0 Å². The van der Waals surface area contributed by atoms with Gasteiger partial charge in [0.25, 0.3) is 0 Å². The van der Waals surface area contributed by atoms with E-state index in [1.807, 2.05) is 0 Å². The van der Waals surface area contributed by atoms with Crippen molar-refractivity contribution < 1.29 is 19.8 Å². The number of hydrogen-bond donors (Lipinski definition) is 2. The third-order valence-electron chi connectivity index (χ3n) is 8.97. The van der Waals surface area contributed by atoms with E-state index in [0.29, 0.717) is 24.7 Å². The molecule has 1 aliphatic rings. The molecule has 0 fully saturated rings. The molecule has 0 amide bonds. The van der Waals surface area contributed by atoms with Crippen molar-refractivity contribution >= 4 is 11.9 Å². The number of allylic oxidation sites excluding steroid dienone is 4. The van der Waals surface area contributed by atoms with Gasteiger partial charge in [-0.2, -0.15) is 0 Å². The van der Waals surface area contributed by atoms with E-state index in [2.05, 4.69) is 38.2 Å². The van der Waals surface area contributed by atoms with Crippen LogP contribution < -0.4 is 0 Å². The average molecular weight is 561 g/mol. The number of carboxylic acid groups (broad SMARTS) is 2. The number of hydrogen-bond acceptors (Lipinski definition) is 2. The van der Waals surface area contributed by atoms with Crippen LogP contribution in [0.4, 0.5) is 0 Å². The number of carbonyl (C=O) groups is 2. The van der Waals surface area contributed by atoms with Crippen LogP contribution in [0.25, 0.3) is 0 Å². The lowest BCUT2D eigenvalue weighted by Crippen LogP contribution is -2.30. The van der Waals surface area contributed by atoms with Gasteiger partial charge in [0.2, 0.25) is 0 Å². The Hall–Kier alpha value is -1.58. The average Bonchev–Trinajstić information content (AvgIpc) is 2.93. The largest absolute Gasteiger partial charge is 0.481 e. The summed E-state index contributed by atoms with van der Waals surface area (Å²) in [6, 6.07) is 0. The summed E-state index contributed by atoms with van der Waals surface area (Å²) in [5.74, 6) is 1.41. The van der Waals surface area contributed by atoms with Gasteiger partial charge >= 0.3 is 11.9 Å². The van der Waals surface area contributed by atoms with Crippen LogP contribution in [-0.2, 0) is 9.59 Å². The van der Waals surface area contributed by atoms with Crippen LogP contribution in [0.3, 0.4) is 0 Å². The van der Waals surface area contributed by atoms with Crippen LogP contribution in [-0.4, -0.2) is 22.2 Å². The van der Waals surface area contributed by atoms with Crippen molar-refractivity contribution in [2.75, 3.05) is 0 Å². The third kappa shape index (κ3) is 18.7. The zero-order valence-electron chi connectivity index (χ0n) is 26.3. The summed E-state index contributed by atoms with van der Waals surface area (Å²) in [6.45, 7) is 4.60. The molecule has 0 aromatic rings. The maximum Gasteiger partial charge on any atom is 0.303 e. The first kappa shape index (κ1) is 36.4. The van der Waals surface area contributed by atoms with E-state index in [0.717, 1.165) is 56.8 Å². The molecule has 0 spiro atoms. The molecule has 1 rings (SSSR count). The van der Waals surface area contributed by atoms with Crippen molar-refractivity contribution in [1.29, 1.82) is 0 Å². The van der Waals surface area contributed by atoms with E-state index in [9.17, 15) is 9.59 Å². The normalized spacial score (nSPS) is 20.9. The Morgan fingerprint density at radius 3 is 1.60 bits per heavy atom. The summed E-state index contributed by atoms with van der Waals surface area (Å²) in [7, 11) is 0. The molecular formula is C36H64O4. The minimum Gasteiger partial charge on any atom is -0.481 e. The third-order valence-corrected chi connectivity index (χ3v) is 8.97. The lowest BCUT2D eigenvalue weighted by molar-refractivity contribution is -0.138. The van der Waals surface area contributed by atoms with Gasteiger partial charge in [-0.05, 0) is 68.6 Å². The minimum absolute atomic E-state index is 0.304. The van der Waals surface area contributed by atoms with Crippen LogP contribution in [0.5, 0.6) is 0 Å². The summed E-state index contributed by atoms with van der Waals surface area (Å²) >= 11 is 0. The lowest BCUT2D eigenvalue weighted by atomic mass is 9.66. The molecule has 0 aromatic heterocycles. The van der Waals surface area contributed by atoms with Crippen molar-refractivity contribution in [3.8, 4) is 0 Å². The summed E-state index contributed by atoms with van der Waals surface area (Å²) in [5.41, 5.74) is 0. The van der Waals surface area contributed by atoms with Gasteiger partial charge in [-0.1, -0.05) is 134 Å². The number of aliphatic carboxylic acids is 2. The van der Waals surface area contributed by atoms with Gasteiger partial charge in [-0.25, -0.2) is 0 Å². The molecule has 0 saturated heterocycles. The van der Waals surface area contributed by atoms with Crippen LogP contribution >= 0.6 is 0 Å². The van der Waals surface area contributed by atoms with Gasteiger partial charge in [0.1, 0.15) is 0 Å². The zero-order chi connectivity index (χ0) is 29.3. The van der Waals surface area contributed by atoms with Gasteiger partial charge in [-0.3, -0.25) is 9.59 Å². The fourth-order valence-electron chi connectivity index (χ4n) is 6.57. The number of unbranched alkanes of at least 4 members (excludes halogenated alkanes) is 15.